The fraction of sp³-hybridized carbons (Fsp3) is 0.450. The molecular weight excluding hydrogens is 256 g/mol. The summed E-state index contributed by atoms with van der Waals surface area (Å²) in [5, 5.41) is 2.54. The second-order valence-corrected chi connectivity index (χ2v) is 5.90. The van der Waals surface area contributed by atoms with Gasteiger partial charge in [-0.25, -0.2) is 0 Å². The minimum atomic E-state index is 0.141. The van der Waals surface area contributed by atoms with Crippen molar-refractivity contribution in [2.75, 3.05) is 0 Å². The highest BCUT2D eigenvalue weighted by atomic mass is 16.1. The summed E-state index contributed by atoms with van der Waals surface area (Å²) in [6.45, 7) is 6.12. The topological polar surface area (TPSA) is 17.1 Å². The fourth-order valence-electron chi connectivity index (χ4n) is 2.91. The lowest BCUT2D eigenvalue weighted by Crippen LogP contribution is -1.98. The molecule has 1 heteroatoms. The van der Waals surface area contributed by atoms with Crippen LogP contribution in [0.4, 0.5) is 0 Å². The van der Waals surface area contributed by atoms with Crippen molar-refractivity contribution in [3.05, 3.63) is 47.0 Å². The SMILES string of the molecule is CCCCc1ccc2cc(C(C)=O)ccc2c1CCCC. The number of carbonyl (C=O) groups excluding carboxylic acids is 1. The van der Waals surface area contributed by atoms with Gasteiger partial charge in [-0.2, -0.15) is 0 Å². The Bertz CT molecular complexity index is 625. The highest BCUT2D eigenvalue weighted by molar-refractivity contribution is 5.99. The lowest BCUT2D eigenvalue weighted by Gasteiger charge is -2.13. The number of rotatable bonds is 7. The predicted molar refractivity (Wildman–Crippen MR) is 91.2 cm³/mol. The number of ketones is 1. The van der Waals surface area contributed by atoms with Gasteiger partial charge in [0, 0.05) is 5.56 Å². The van der Waals surface area contributed by atoms with E-state index in [1.54, 1.807) is 6.92 Å². The number of hydrogen-bond acceptors (Lipinski definition) is 1. The van der Waals surface area contributed by atoms with Crippen LogP contribution in [-0.4, -0.2) is 5.78 Å². The van der Waals surface area contributed by atoms with Crippen LogP contribution in [0.25, 0.3) is 10.8 Å². The van der Waals surface area contributed by atoms with Crippen LogP contribution in [0.2, 0.25) is 0 Å². The lowest BCUT2D eigenvalue weighted by molar-refractivity contribution is 0.101. The first-order valence-corrected chi connectivity index (χ1v) is 8.22. The minimum absolute atomic E-state index is 0.141. The van der Waals surface area contributed by atoms with Crippen molar-refractivity contribution in [3.63, 3.8) is 0 Å². The molecule has 0 bridgehead atoms. The zero-order chi connectivity index (χ0) is 15.2. The number of hydrogen-bond donors (Lipinski definition) is 0. The third kappa shape index (κ3) is 3.72. The van der Waals surface area contributed by atoms with Crippen molar-refractivity contribution in [2.24, 2.45) is 0 Å². The first-order valence-electron chi connectivity index (χ1n) is 8.22. The average molecular weight is 282 g/mol. The fourth-order valence-corrected chi connectivity index (χ4v) is 2.91. The van der Waals surface area contributed by atoms with Crippen LogP contribution in [0, 0.1) is 0 Å². The zero-order valence-electron chi connectivity index (χ0n) is 13.5. The van der Waals surface area contributed by atoms with Crippen LogP contribution in [0.15, 0.2) is 30.3 Å². The van der Waals surface area contributed by atoms with E-state index in [9.17, 15) is 4.79 Å². The first-order chi connectivity index (χ1) is 10.2. The van der Waals surface area contributed by atoms with Crippen LogP contribution in [0.1, 0.15) is 67.9 Å². The molecular formula is C20H26O. The maximum atomic E-state index is 11.6. The van der Waals surface area contributed by atoms with Gasteiger partial charge in [-0.3, -0.25) is 4.79 Å². The summed E-state index contributed by atoms with van der Waals surface area (Å²) in [4.78, 5) is 11.6. The van der Waals surface area contributed by atoms with Gasteiger partial charge in [0.15, 0.2) is 5.78 Å². The standard InChI is InChI=1S/C20H26O/c1-4-6-8-16-10-11-18-14-17(15(3)21)12-13-20(18)19(16)9-7-5-2/h10-14H,4-9H2,1-3H3. The molecule has 0 amide bonds. The lowest BCUT2D eigenvalue weighted by atomic mass is 9.91. The molecule has 0 unspecified atom stereocenters. The molecule has 2 aromatic rings. The van der Waals surface area contributed by atoms with E-state index < -0.39 is 0 Å². The Morgan fingerprint density at radius 3 is 2.33 bits per heavy atom. The Balaban J connectivity index is 2.49. The molecule has 0 saturated carbocycles. The molecule has 21 heavy (non-hydrogen) atoms. The molecule has 0 saturated heterocycles. The Morgan fingerprint density at radius 1 is 0.952 bits per heavy atom. The van der Waals surface area contributed by atoms with Gasteiger partial charge in [-0.05, 0) is 60.6 Å². The van der Waals surface area contributed by atoms with Crippen molar-refractivity contribution in [1.82, 2.24) is 0 Å². The van der Waals surface area contributed by atoms with Crippen LogP contribution in [0.3, 0.4) is 0 Å². The van der Waals surface area contributed by atoms with Crippen molar-refractivity contribution >= 4 is 16.6 Å². The summed E-state index contributed by atoms with van der Waals surface area (Å²) < 4.78 is 0. The number of Topliss-reactive ketones (excluding diaryl/α,β-unsaturated/α-hetero) is 1. The number of carbonyl (C=O) groups is 1. The molecule has 2 rings (SSSR count). The van der Waals surface area contributed by atoms with Gasteiger partial charge in [-0.1, -0.05) is 51.0 Å². The van der Waals surface area contributed by atoms with Crippen molar-refractivity contribution in [2.45, 2.75) is 59.3 Å². The largest absolute Gasteiger partial charge is 0.295 e. The number of aryl methyl sites for hydroxylation is 2. The van der Waals surface area contributed by atoms with E-state index in [1.807, 2.05) is 12.1 Å². The Hall–Kier alpha value is -1.63. The molecule has 2 aromatic carbocycles. The third-order valence-electron chi connectivity index (χ3n) is 4.21. The van der Waals surface area contributed by atoms with Gasteiger partial charge >= 0.3 is 0 Å². The van der Waals surface area contributed by atoms with Gasteiger partial charge in [-0.15, -0.1) is 0 Å². The Labute approximate surface area is 128 Å². The molecule has 0 N–H and O–H groups in total. The third-order valence-corrected chi connectivity index (χ3v) is 4.21. The van der Waals surface area contributed by atoms with Crippen LogP contribution in [-0.2, 0) is 12.8 Å². The monoisotopic (exact) mass is 282 g/mol. The Kier molecular flexibility index (Phi) is 5.55. The van der Waals surface area contributed by atoms with Gasteiger partial charge in [0.25, 0.3) is 0 Å². The summed E-state index contributed by atoms with van der Waals surface area (Å²) in [6, 6.07) is 10.6. The van der Waals surface area contributed by atoms with E-state index in [1.165, 1.54) is 54.0 Å². The smallest absolute Gasteiger partial charge is 0.159 e. The normalized spacial score (nSPS) is 11.0. The molecule has 0 atom stereocenters. The van der Waals surface area contributed by atoms with Crippen LogP contribution >= 0.6 is 0 Å². The summed E-state index contributed by atoms with van der Waals surface area (Å²) >= 11 is 0. The molecule has 0 heterocycles. The average Bonchev–Trinajstić information content (AvgIpc) is 2.50. The molecule has 0 aliphatic rings. The first kappa shape index (κ1) is 15.8. The van der Waals surface area contributed by atoms with Gasteiger partial charge < -0.3 is 0 Å². The maximum absolute atomic E-state index is 11.6. The quantitative estimate of drug-likeness (QED) is 0.593. The summed E-state index contributed by atoms with van der Waals surface area (Å²) in [6.07, 6.45) is 7.23. The second-order valence-electron chi connectivity index (χ2n) is 5.90. The predicted octanol–water partition coefficient (Wildman–Crippen LogP) is 5.73. The van der Waals surface area contributed by atoms with Crippen LogP contribution in [0.5, 0.6) is 0 Å². The van der Waals surface area contributed by atoms with Gasteiger partial charge in [0.2, 0.25) is 0 Å². The highest BCUT2D eigenvalue weighted by Gasteiger charge is 2.09. The minimum Gasteiger partial charge on any atom is -0.295 e. The van der Waals surface area contributed by atoms with E-state index >= 15 is 0 Å². The Morgan fingerprint density at radius 2 is 1.67 bits per heavy atom. The zero-order valence-corrected chi connectivity index (χ0v) is 13.5. The highest BCUT2D eigenvalue weighted by Crippen LogP contribution is 2.27. The summed E-state index contributed by atoms with van der Waals surface area (Å²) in [5.41, 5.74) is 3.80. The van der Waals surface area contributed by atoms with E-state index in [0.717, 1.165) is 12.0 Å². The van der Waals surface area contributed by atoms with E-state index in [2.05, 4.69) is 32.0 Å². The van der Waals surface area contributed by atoms with Crippen molar-refractivity contribution < 1.29 is 4.79 Å². The van der Waals surface area contributed by atoms with Crippen molar-refractivity contribution in [3.8, 4) is 0 Å². The second kappa shape index (κ2) is 7.40. The molecule has 0 fully saturated rings. The summed E-state index contributed by atoms with van der Waals surface area (Å²) in [7, 11) is 0. The molecule has 112 valence electrons. The van der Waals surface area contributed by atoms with E-state index in [0.29, 0.717) is 0 Å². The molecule has 0 aromatic heterocycles. The van der Waals surface area contributed by atoms with Crippen LogP contribution < -0.4 is 0 Å². The van der Waals surface area contributed by atoms with Crippen molar-refractivity contribution in [1.29, 1.82) is 0 Å². The van der Waals surface area contributed by atoms with E-state index in [-0.39, 0.29) is 5.78 Å². The molecule has 0 spiro atoms. The van der Waals surface area contributed by atoms with Gasteiger partial charge in [0.05, 0.1) is 0 Å². The number of unbranched alkanes of at least 4 members (excludes halogenated alkanes) is 2. The number of benzene rings is 2. The van der Waals surface area contributed by atoms with Gasteiger partial charge in [0.1, 0.15) is 0 Å². The molecule has 1 nitrogen and oxygen atoms in total. The number of fused-ring (bicyclic) bond motifs is 1. The molecule has 0 aliphatic carbocycles. The van der Waals surface area contributed by atoms with E-state index in [4.69, 9.17) is 0 Å². The maximum Gasteiger partial charge on any atom is 0.159 e. The molecule has 0 radical (unpaired) electrons. The summed E-state index contributed by atoms with van der Waals surface area (Å²) in [5.74, 6) is 0.141. The molecule has 0 aliphatic heterocycles.